The van der Waals surface area contributed by atoms with Crippen molar-refractivity contribution in [3.8, 4) is 0 Å². The summed E-state index contributed by atoms with van der Waals surface area (Å²) in [5.74, 6) is -3.80. The zero-order valence-corrected chi connectivity index (χ0v) is 19.5. The molecule has 178 valence electrons. The lowest BCUT2D eigenvalue weighted by Crippen LogP contribution is -2.57. The predicted octanol–water partition coefficient (Wildman–Crippen LogP) is -0.842. The lowest BCUT2D eigenvalue weighted by Gasteiger charge is -2.37. The van der Waals surface area contributed by atoms with E-state index in [9.17, 15) is 24.6 Å². The highest BCUT2D eigenvalue weighted by Gasteiger charge is 2.76. The molecule has 2 bridgehead atoms. The number of carboxylic acids is 1. The van der Waals surface area contributed by atoms with Crippen LogP contribution in [0, 0.1) is 11.8 Å². The van der Waals surface area contributed by atoms with Gasteiger partial charge in [0, 0.05) is 44.1 Å². The Morgan fingerprint density at radius 3 is 2.66 bits per heavy atom. The number of carbonyl (C=O) groups excluding carboxylic acids is 2. The van der Waals surface area contributed by atoms with Crippen LogP contribution >= 0.6 is 15.9 Å². The van der Waals surface area contributed by atoms with Crippen LogP contribution in [0.1, 0.15) is 6.42 Å². The van der Waals surface area contributed by atoms with Crippen LogP contribution in [0.25, 0.3) is 0 Å². The molecule has 4 saturated heterocycles. The minimum Gasteiger partial charge on any atom is -0.481 e. The molecule has 0 aromatic heterocycles. The Bertz CT molecular complexity index is 776. The Morgan fingerprint density at radius 1 is 1.31 bits per heavy atom. The van der Waals surface area contributed by atoms with E-state index in [-0.39, 0.29) is 23.9 Å². The lowest BCUT2D eigenvalue weighted by atomic mass is 9.70. The summed E-state index contributed by atoms with van der Waals surface area (Å²) < 4.78 is 11.6. The largest absolute Gasteiger partial charge is 0.481 e. The van der Waals surface area contributed by atoms with Crippen LogP contribution in [-0.2, 0) is 23.9 Å². The van der Waals surface area contributed by atoms with Crippen LogP contribution in [0.15, 0.2) is 12.7 Å². The quantitative estimate of drug-likeness (QED) is 0.301. The zero-order valence-electron chi connectivity index (χ0n) is 17.9. The van der Waals surface area contributed by atoms with E-state index < -0.39 is 41.5 Å². The number of nitrogens with zero attached hydrogens (tertiary/aromatic N) is 3. The topological polar surface area (TPSA) is 120 Å². The number of alkyl halides is 1. The maximum absolute atomic E-state index is 13.9. The van der Waals surface area contributed by atoms with Gasteiger partial charge in [-0.25, -0.2) is 0 Å². The molecule has 2 amide bonds. The summed E-state index contributed by atoms with van der Waals surface area (Å²) in [5, 5.41) is 19.4. The molecule has 32 heavy (non-hydrogen) atoms. The number of hydrogen-bond donors (Lipinski definition) is 2. The number of rotatable bonds is 9. The number of likely N-dealkylation sites (tertiary alicyclic amines) is 1. The summed E-state index contributed by atoms with van der Waals surface area (Å²) in [6, 6.07) is -0.980. The van der Waals surface area contributed by atoms with E-state index in [1.165, 1.54) is 4.90 Å². The molecule has 0 aromatic rings. The third kappa shape index (κ3) is 3.77. The Kier molecular flexibility index (Phi) is 6.92. The first-order valence-corrected chi connectivity index (χ1v) is 11.9. The van der Waals surface area contributed by atoms with E-state index in [1.54, 1.807) is 11.0 Å². The van der Waals surface area contributed by atoms with E-state index in [1.807, 2.05) is 0 Å². The SMILES string of the molecule is C=CCN(CCN1CCOCC1)C(=O)C1N(CCO)C(=O)[C@@H]2[C@@H](C(=O)O)[C@@H]3OC12CC3Br. The molecule has 0 radical (unpaired) electrons. The summed E-state index contributed by atoms with van der Waals surface area (Å²) in [5.41, 5.74) is -1.22. The molecule has 0 aliphatic carbocycles. The second-order valence-corrected chi connectivity index (χ2v) is 9.96. The number of carbonyl (C=O) groups is 3. The summed E-state index contributed by atoms with van der Waals surface area (Å²) in [7, 11) is 0. The highest BCUT2D eigenvalue weighted by atomic mass is 79.9. The first-order chi connectivity index (χ1) is 15.4. The van der Waals surface area contributed by atoms with Crippen molar-refractivity contribution < 1.29 is 34.1 Å². The number of amides is 2. The van der Waals surface area contributed by atoms with Crippen LogP contribution in [0.5, 0.6) is 0 Å². The number of β-amino-alcohol motifs (C(OH)–C–C–N with tert-alkyl or cyclic N) is 1. The van der Waals surface area contributed by atoms with Crippen LogP contribution in [0.2, 0.25) is 0 Å². The summed E-state index contributed by atoms with van der Waals surface area (Å²) in [6.07, 6.45) is 1.33. The van der Waals surface area contributed by atoms with Gasteiger partial charge in [0.25, 0.3) is 0 Å². The van der Waals surface area contributed by atoms with Crippen LogP contribution in [-0.4, -0.2) is 124 Å². The highest BCUT2D eigenvalue weighted by molar-refractivity contribution is 9.09. The summed E-state index contributed by atoms with van der Waals surface area (Å²) >= 11 is 3.51. The van der Waals surface area contributed by atoms with Gasteiger partial charge in [0.2, 0.25) is 11.8 Å². The van der Waals surface area contributed by atoms with Crippen molar-refractivity contribution in [3.05, 3.63) is 12.7 Å². The molecule has 0 aromatic carbocycles. The molecule has 10 nitrogen and oxygen atoms in total. The van der Waals surface area contributed by atoms with Crippen LogP contribution < -0.4 is 0 Å². The Morgan fingerprint density at radius 2 is 2.03 bits per heavy atom. The van der Waals surface area contributed by atoms with Gasteiger partial charge in [-0.15, -0.1) is 6.58 Å². The van der Waals surface area contributed by atoms with E-state index in [4.69, 9.17) is 9.47 Å². The number of hydrogen-bond acceptors (Lipinski definition) is 7. The predicted molar refractivity (Wildman–Crippen MR) is 116 cm³/mol. The standard InChI is InChI=1S/C21H30BrN3O7/c1-2-3-24(5-4-23-7-10-31-11-8-23)19(28)17-21-12-13(22)16(32-21)14(20(29)30)15(21)18(27)25(17)6-9-26/h2,13-17,26H,1,3-12H2,(H,29,30)/t13?,14-,15+,16-,17?,21?/m1/s1. The van der Waals surface area contributed by atoms with Crippen molar-refractivity contribution in [3.63, 3.8) is 0 Å². The Hall–Kier alpha value is -1.53. The van der Waals surface area contributed by atoms with Gasteiger partial charge in [-0.05, 0) is 6.42 Å². The van der Waals surface area contributed by atoms with Crippen molar-refractivity contribution in [2.45, 2.75) is 29.0 Å². The van der Waals surface area contributed by atoms with Crippen molar-refractivity contribution in [2.24, 2.45) is 11.8 Å². The molecule has 3 unspecified atom stereocenters. The van der Waals surface area contributed by atoms with Gasteiger partial charge < -0.3 is 29.5 Å². The average Bonchev–Trinajstić information content (AvgIpc) is 3.36. The first-order valence-electron chi connectivity index (χ1n) is 11.0. The number of morpholine rings is 1. The zero-order chi connectivity index (χ0) is 23.0. The molecule has 0 saturated carbocycles. The monoisotopic (exact) mass is 515 g/mol. The fourth-order valence-corrected chi connectivity index (χ4v) is 6.69. The molecular weight excluding hydrogens is 486 g/mol. The second-order valence-electron chi connectivity index (χ2n) is 8.78. The maximum atomic E-state index is 13.9. The fourth-order valence-electron chi connectivity index (χ4n) is 5.75. The molecule has 6 atom stereocenters. The maximum Gasteiger partial charge on any atom is 0.310 e. The van der Waals surface area contributed by atoms with Gasteiger partial charge in [0.15, 0.2) is 0 Å². The van der Waals surface area contributed by atoms with Crippen molar-refractivity contribution in [1.29, 1.82) is 0 Å². The van der Waals surface area contributed by atoms with E-state index in [2.05, 4.69) is 27.4 Å². The highest BCUT2D eigenvalue weighted by Crippen LogP contribution is 2.60. The molecule has 4 aliphatic rings. The molecule has 11 heteroatoms. The van der Waals surface area contributed by atoms with Gasteiger partial charge in [-0.3, -0.25) is 19.3 Å². The summed E-state index contributed by atoms with van der Waals surface area (Å²) in [4.78, 5) is 44.1. The fraction of sp³-hybridized carbons (Fsp3) is 0.762. The minimum absolute atomic E-state index is 0.0494. The van der Waals surface area contributed by atoms with Crippen molar-refractivity contribution in [1.82, 2.24) is 14.7 Å². The summed E-state index contributed by atoms with van der Waals surface area (Å²) in [6.45, 7) is 7.67. The van der Waals surface area contributed by atoms with E-state index in [0.29, 0.717) is 39.3 Å². The first kappa shape index (κ1) is 23.6. The molecule has 4 aliphatic heterocycles. The van der Waals surface area contributed by atoms with Crippen molar-refractivity contribution >= 4 is 33.7 Å². The van der Waals surface area contributed by atoms with Crippen LogP contribution in [0.4, 0.5) is 0 Å². The molecule has 4 fully saturated rings. The smallest absolute Gasteiger partial charge is 0.310 e. The Labute approximate surface area is 195 Å². The molecule has 4 heterocycles. The number of halogens is 1. The Balaban J connectivity index is 1.62. The lowest BCUT2D eigenvalue weighted by molar-refractivity contribution is -0.151. The van der Waals surface area contributed by atoms with E-state index >= 15 is 0 Å². The second kappa shape index (κ2) is 9.38. The minimum atomic E-state index is -1.22. The normalized spacial score (nSPS) is 36.4. The molecule has 1 spiro atoms. The van der Waals surface area contributed by atoms with Gasteiger partial charge >= 0.3 is 5.97 Å². The number of aliphatic hydroxyl groups excluding tert-OH is 1. The third-order valence-corrected chi connectivity index (χ3v) is 7.94. The van der Waals surface area contributed by atoms with Crippen molar-refractivity contribution in [2.75, 3.05) is 59.1 Å². The number of carboxylic acid groups (broad SMARTS) is 1. The molecule has 4 rings (SSSR count). The number of aliphatic hydroxyl groups is 1. The number of aliphatic carboxylic acids is 1. The average molecular weight is 516 g/mol. The molecule has 2 N–H and O–H groups in total. The van der Waals surface area contributed by atoms with Gasteiger partial charge in [-0.2, -0.15) is 0 Å². The van der Waals surface area contributed by atoms with Gasteiger partial charge in [0.1, 0.15) is 11.6 Å². The van der Waals surface area contributed by atoms with Crippen LogP contribution in [0.3, 0.4) is 0 Å². The number of ether oxygens (including phenoxy) is 2. The molecular formula is C21H30BrN3O7. The van der Waals surface area contributed by atoms with E-state index in [0.717, 1.165) is 13.1 Å². The third-order valence-electron chi connectivity index (χ3n) is 7.10. The van der Waals surface area contributed by atoms with Gasteiger partial charge in [0.05, 0.1) is 37.8 Å². The van der Waals surface area contributed by atoms with Gasteiger partial charge in [-0.1, -0.05) is 22.0 Å². The number of fused-ring (bicyclic) bond motifs is 1.